The summed E-state index contributed by atoms with van der Waals surface area (Å²) in [4.78, 5) is 11.4. The van der Waals surface area contributed by atoms with Gasteiger partial charge in [0.2, 0.25) is 0 Å². The molecule has 0 aromatic heterocycles. The zero-order chi connectivity index (χ0) is 12.3. The Labute approximate surface area is 102 Å². The third kappa shape index (κ3) is 2.78. The lowest BCUT2D eigenvalue weighted by atomic mass is 10.0. The number of benzene rings is 1. The Hall–Kier alpha value is -1.51. The first-order valence-electron chi connectivity index (χ1n) is 6.04. The van der Waals surface area contributed by atoms with Crippen LogP contribution in [-0.4, -0.2) is 19.7 Å². The maximum atomic E-state index is 11.4. The average molecular weight is 234 g/mol. The molecule has 0 saturated carbocycles. The van der Waals surface area contributed by atoms with Gasteiger partial charge in [0.25, 0.3) is 0 Å². The molecule has 0 aliphatic heterocycles. The monoisotopic (exact) mass is 234 g/mol. The van der Waals surface area contributed by atoms with Gasteiger partial charge < -0.3 is 9.47 Å². The molecule has 1 aromatic carbocycles. The van der Waals surface area contributed by atoms with Crippen molar-refractivity contribution in [2.24, 2.45) is 5.92 Å². The van der Waals surface area contributed by atoms with Gasteiger partial charge in [-0.2, -0.15) is 0 Å². The van der Waals surface area contributed by atoms with Gasteiger partial charge >= 0.3 is 5.97 Å². The Morgan fingerprint density at radius 3 is 2.82 bits per heavy atom. The van der Waals surface area contributed by atoms with Crippen LogP contribution in [0.2, 0.25) is 0 Å². The summed E-state index contributed by atoms with van der Waals surface area (Å²) in [5.74, 6) is 1.19. The highest BCUT2D eigenvalue weighted by atomic mass is 16.5. The van der Waals surface area contributed by atoms with Crippen LogP contribution in [0.1, 0.15) is 24.5 Å². The van der Waals surface area contributed by atoms with E-state index in [1.54, 1.807) is 7.11 Å². The summed E-state index contributed by atoms with van der Waals surface area (Å²) in [5, 5.41) is 0. The molecular formula is C14H18O3. The maximum absolute atomic E-state index is 11.4. The van der Waals surface area contributed by atoms with Crippen molar-refractivity contribution in [2.75, 3.05) is 13.7 Å². The number of carbonyl (C=O) groups excluding carboxylic acids is 1. The molecule has 0 fully saturated rings. The molecule has 1 aliphatic carbocycles. The number of carbonyl (C=O) groups is 1. The van der Waals surface area contributed by atoms with E-state index in [9.17, 15) is 4.79 Å². The van der Waals surface area contributed by atoms with Crippen LogP contribution in [0.15, 0.2) is 18.2 Å². The molecule has 0 N–H and O–H groups in total. The summed E-state index contributed by atoms with van der Waals surface area (Å²) >= 11 is 0. The van der Waals surface area contributed by atoms with E-state index in [0.29, 0.717) is 18.9 Å². The van der Waals surface area contributed by atoms with Gasteiger partial charge in [-0.05, 0) is 48.9 Å². The summed E-state index contributed by atoms with van der Waals surface area (Å²) in [6, 6.07) is 6.14. The second-order valence-corrected chi connectivity index (χ2v) is 4.42. The van der Waals surface area contributed by atoms with E-state index in [0.717, 1.165) is 18.6 Å². The maximum Gasteiger partial charge on any atom is 0.306 e. The zero-order valence-corrected chi connectivity index (χ0v) is 10.4. The minimum atomic E-state index is -0.0859. The lowest BCUT2D eigenvalue weighted by Crippen LogP contribution is -2.11. The fraction of sp³-hybridized carbons (Fsp3) is 0.500. The molecule has 92 valence electrons. The second-order valence-electron chi connectivity index (χ2n) is 4.42. The highest BCUT2D eigenvalue weighted by Crippen LogP contribution is 2.31. The molecule has 0 radical (unpaired) electrons. The summed E-state index contributed by atoms with van der Waals surface area (Å²) in [5.41, 5.74) is 2.64. The molecule has 1 unspecified atom stereocenters. The van der Waals surface area contributed by atoms with Crippen LogP contribution in [-0.2, 0) is 22.4 Å². The predicted molar refractivity (Wildman–Crippen MR) is 65.1 cm³/mol. The number of hydrogen-bond acceptors (Lipinski definition) is 3. The predicted octanol–water partition coefficient (Wildman–Crippen LogP) is 2.36. The van der Waals surface area contributed by atoms with E-state index in [1.165, 1.54) is 11.1 Å². The van der Waals surface area contributed by atoms with Crippen molar-refractivity contribution in [3.05, 3.63) is 29.3 Å². The van der Waals surface area contributed by atoms with Gasteiger partial charge in [0.15, 0.2) is 0 Å². The molecular weight excluding hydrogens is 216 g/mol. The first-order valence-corrected chi connectivity index (χ1v) is 6.04. The van der Waals surface area contributed by atoms with Crippen LogP contribution in [0.5, 0.6) is 5.75 Å². The van der Waals surface area contributed by atoms with E-state index in [2.05, 4.69) is 12.1 Å². The molecule has 0 heterocycles. The highest BCUT2D eigenvalue weighted by Gasteiger charge is 2.24. The molecule has 0 bridgehead atoms. The van der Waals surface area contributed by atoms with Crippen molar-refractivity contribution in [3.8, 4) is 5.75 Å². The topological polar surface area (TPSA) is 35.5 Å². The van der Waals surface area contributed by atoms with Gasteiger partial charge in [0, 0.05) is 6.42 Å². The Kier molecular flexibility index (Phi) is 3.67. The van der Waals surface area contributed by atoms with Gasteiger partial charge in [0.1, 0.15) is 5.75 Å². The minimum absolute atomic E-state index is 0.0859. The summed E-state index contributed by atoms with van der Waals surface area (Å²) in [7, 11) is 1.67. The number of ether oxygens (including phenoxy) is 2. The Morgan fingerprint density at radius 1 is 1.35 bits per heavy atom. The molecule has 1 aliphatic rings. The van der Waals surface area contributed by atoms with E-state index in [-0.39, 0.29) is 5.97 Å². The summed E-state index contributed by atoms with van der Waals surface area (Å²) in [6.07, 6.45) is 2.44. The second kappa shape index (κ2) is 5.21. The van der Waals surface area contributed by atoms with Crippen LogP contribution in [0.3, 0.4) is 0 Å². The molecule has 1 atom stereocenters. The number of methoxy groups -OCH3 is 1. The summed E-state index contributed by atoms with van der Waals surface area (Å²) in [6.45, 7) is 2.30. The van der Waals surface area contributed by atoms with Crippen molar-refractivity contribution < 1.29 is 14.3 Å². The standard InChI is InChI=1S/C14H18O3/c1-3-17-14(15)8-10-6-11-4-5-13(16-2)9-12(11)7-10/h4-5,9-10H,3,6-8H2,1-2H3. The lowest BCUT2D eigenvalue weighted by molar-refractivity contribution is -0.144. The largest absolute Gasteiger partial charge is 0.497 e. The van der Waals surface area contributed by atoms with Gasteiger partial charge in [-0.1, -0.05) is 6.07 Å². The molecule has 17 heavy (non-hydrogen) atoms. The molecule has 2 rings (SSSR count). The number of rotatable bonds is 4. The van der Waals surface area contributed by atoms with E-state index >= 15 is 0 Å². The van der Waals surface area contributed by atoms with Crippen molar-refractivity contribution in [1.29, 1.82) is 0 Å². The fourth-order valence-corrected chi connectivity index (χ4v) is 2.41. The molecule has 1 aromatic rings. The Morgan fingerprint density at radius 2 is 2.12 bits per heavy atom. The quantitative estimate of drug-likeness (QED) is 0.750. The van der Waals surface area contributed by atoms with Gasteiger partial charge in [-0.3, -0.25) is 4.79 Å². The molecule has 0 spiro atoms. The van der Waals surface area contributed by atoms with E-state index in [1.807, 2.05) is 13.0 Å². The van der Waals surface area contributed by atoms with Crippen molar-refractivity contribution >= 4 is 5.97 Å². The Bertz CT molecular complexity index is 412. The van der Waals surface area contributed by atoms with Gasteiger partial charge in [0.05, 0.1) is 13.7 Å². The smallest absolute Gasteiger partial charge is 0.306 e. The van der Waals surface area contributed by atoms with Crippen LogP contribution >= 0.6 is 0 Å². The normalized spacial score (nSPS) is 17.6. The highest BCUT2D eigenvalue weighted by molar-refractivity contribution is 5.70. The third-order valence-corrected chi connectivity index (χ3v) is 3.19. The van der Waals surface area contributed by atoms with Crippen LogP contribution in [0.4, 0.5) is 0 Å². The number of hydrogen-bond donors (Lipinski definition) is 0. The average Bonchev–Trinajstić information content (AvgIpc) is 2.69. The van der Waals surface area contributed by atoms with Gasteiger partial charge in [-0.15, -0.1) is 0 Å². The van der Waals surface area contributed by atoms with Crippen LogP contribution in [0.25, 0.3) is 0 Å². The van der Waals surface area contributed by atoms with Crippen LogP contribution < -0.4 is 4.74 Å². The minimum Gasteiger partial charge on any atom is -0.497 e. The molecule has 3 heteroatoms. The molecule has 3 nitrogen and oxygen atoms in total. The first-order chi connectivity index (χ1) is 8.22. The third-order valence-electron chi connectivity index (χ3n) is 3.19. The summed E-state index contributed by atoms with van der Waals surface area (Å²) < 4.78 is 10.2. The lowest BCUT2D eigenvalue weighted by Gasteiger charge is -2.07. The molecule has 0 saturated heterocycles. The van der Waals surface area contributed by atoms with Crippen molar-refractivity contribution in [3.63, 3.8) is 0 Å². The van der Waals surface area contributed by atoms with Crippen LogP contribution in [0, 0.1) is 5.92 Å². The van der Waals surface area contributed by atoms with E-state index in [4.69, 9.17) is 9.47 Å². The number of esters is 1. The zero-order valence-electron chi connectivity index (χ0n) is 10.4. The molecule has 0 amide bonds. The SMILES string of the molecule is CCOC(=O)CC1Cc2ccc(OC)cc2C1. The van der Waals surface area contributed by atoms with Crippen molar-refractivity contribution in [2.45, 2.75) is 26.2 Å². The Balaban J connectivity index is 1.98. The fourth-order valence-electron chi connectivity index (χ4n) is 2.41. The van der Waals surface area contributed by atoms with Gasteiger partial charge in [-0.25, -0.2) is 0 Å². The van der Waals surface area contributed by atoms with Crippen molar-refractivity contribution in [1.82, 2.24) is 0 Å². The van der Waals surface area contributed by atoms with E-state index < -0.39 is 0 Å². The number of fused-ring (bicyclic) bond motifs is 1. The first kappa shape index (κ1) is 12.0.